The molecule has 7 rings (SSSR count). The smallest absolute Gasteiger partial charge is 0.254 e. The van der Waals surface area contributed by atoms with Crippen LogP contribution in [0.4, 0.5) is 4.39 Å². The van der Waals surface area contributed by atoms with E-state index in [9.17, 15) is 14.3 Å². The van der Waals surface area contributed by atoms with E-state index in [1.54, 1.807) is 24.3 Å². The Labute approximate surface area is 318 Å². The van der Waals surface area contributed by atoms with Crippen molar-refractivity contribution >= 4 is 40.1 Å². The highest BCUT2D eigenvalue weighted by molar-refractivity contribution is 6.42. The first kappa shape index (κ1) is 37.0. The number of carbonyl (C=O) groups excluding carboxylic acids is 1. The third-order valence-electron chi connectivity index (χ3n) is 11.0. The minimum atomic E-state index is -1.13. The maximum atomic E-state index is 14.0. The fourth-order valence-corrected chi connectivity index (χ4v) is 8.25. The Morgan fingerprint density at radius 1 is 0.868 bits per heavy atom. The number of aliphatic hydroxyl groups is 1. The van der Waals surface area contributed by atoms with Gasteiger partial charge in [-0.15, -0.1) is 0 Å². The van der Waals surface area contributed by atoms with E-state index in [-0.39, 0.29) is 17.1 Å². The third kappa shape index (κ3) is 7.30. The Morgan fingerprint density at radius 2 is 1.57 bits per heavy atom. The van der Waals surface area contributed by atoms with E-state index in [1.807, 2.05) is 47.4 Å². The monoisotopic (exact) mass is 760 g/mol. The first-order valence-electron chi connectivity index (χ1n) is 17.8. The molecule has 1 aromatic heterocycles. The van der Waals surface area contributed by atoms with Gasteiger partial charge < -0.3 is 33.7 Å². The molecular formula is C41H43Cl2FN4O5. The number of nitrogens with zero attached hydrogens (tertiary/aromatic N) is 4. The van der Waals surface area contributed by atoms with Gasteiger partial charge in [-0.2, -0.15) is 0 Å². The quantitative estimate of drug-likeness (QED) is 0.148. The summed E-state index contributed by atoms with van der Waals surface area (Å²) >= 11 is 12.9. The minimum Gasteiger partial charge on any atom is -0.493 e. The molecule has 4 aromatic carbocycles. The molecule has 0 aliphatic carbocycles. The van der Waals surface area contributed by atoms with Crippen LogP contribution < -0.4 is 14.2 Å². The van der Waals surface area contributed by atoms with Crippen LogP contribution >= 0.6 is 23.2 Å². The van der Waals surface area contributed by atoms with Crippen LogP contribution in [-0.2, 0) is 17.6 Å². The van der Waals surface area contributed by atoms with Crippen LogP contribution in [0.2, 0.25) is 10.0 Å². The van der Waals surface area contributed by atoms with Gasteiger partial charge in [0.2, 0.25) is 5.75 Å². The van der Waals surface area contributed by atoms with Crippen molar-refractivity contribution in [2.45, 2.75) is 43.2 Å². The second kappa shape index (κ2) is 15.2. The molecule has 278 valence electrons. The van der Waals surface area contributed by atoms with E-state index in [2.05, 4.69) is 9.47 Å². The summed E-state index contributed by atoms with van der Waals surface area (Å²) in [4.78, 5) is 23.2. The van der Waals surface area contributed by atoms with Crippen LogP contribution in [0.1, 0.15) is 53.0 Å². The first-order chi connectivity index (χ1) is 25.6. The number of benzene rings is 4. The summed E-state index contributed by atoms with van der Waals surface area (Å²) in [7, 11) is 4.59. The average molecular weight is 762 g/mol. The second-order valence-electron chi connectivity index (χ2n) is 14.1. The van der Waals surface area contributed by atoms with E-state index in [0.717, 1.165) is 41.5 Å². The lowest BCUT2D eigenvalue weighted by Crippen LogP contribution is -2.45. The first-order valence-corrected chi connectivity index (χ1v) is 18.5. The number of methoxy groups -OCH3 is 3. The third-order valence-corrected chi connectivity index (χ3v) is 11.7. The van der Waals surface area contributed by atoms with E-state index in [0.29, 0.717) is 84.2 Å². The number of likely N-dealkylation sites (tertiary alicyclic amines) is 2. The maximum absolute atomic E-state index is 14.0. The number of hydrogen-bond acceptors (Lipinski definition) is 7. The van der Waals surface area contributed by atoms with E-state index >= 15 is 0 Å². The SMILES string of the molecule is COc1cc(C(=O)N2CCC(CCN3CCC(O)(c4nc5ccccc5n4Cc4ccc(F)cc4)CC3)(c3ccc(Cl)c(Cl)c3)C2)cc(OC)c1OC. The van der Waals surface area contributed by atoms with Crippen molar-refractivity contribution in [3.05, 3.63) is 117 Å². The van der Waals surface area contributed by atoms with Crippen molar-refractivity contribution in [3.8, 4) is 17.2 Å². The largest absolute Gasteiger partial charge is 0.493 e. The molecule has 5 aromatic rings. The molecule has 1 atom stereocenters. The lowest BCUT2D eigenvalue weighted by molar-refractivity contribution is -0.0359. The predicted molar refractivity (Wildman–Crippen MR) is 204 cm³/mol. The topological polar surface area (TPSA) is 89.3 Å². The molecule has 1 amide bonds. The van der Waals surface area contributed by atoms with Crippen LogP contribution in [0, 0.1) is 5.82 Å². The molecule has 2 saturated heterocycles. The van der Waals surface area contributed by atoms with Gasteiger partial charge in [0.15, 0.2) is 11.5 Å². The number of hydrogen-bond donors (Lipinski definition) is 1. The number of para-hydroxylation sites is 2. The molecule has 12 heteroatoms. The average Bonchev–Trinajstić information content (AvgIpc) is 3.79. The minimum absolute atomic E-state index is 0.127. The number of ether oxygens (including phenoxy) is 3. The fraction of sp³-hybridized carbons (Fsp3) is 0.366. The summed E-state index contributed by atoms with van der Waals surface area (Å²) in [6.07, 6.45) is 2.52. The number of fused-ring (bicyclic) bond motifs is 1. The van der Waals surface area contributed by atoms with Gasteiger partial charge in [-0.3, -0.25) is 4.79 Å². The Kier molecular flexibility index (Phi) is 10.6. The Bertz CT molecular complexity index is 2090. The lowest BCUT2D eigenvalue weighted by Gasteiger charge is -2.40. The molecule has 2 aliphatic rings. The Hall–Kier alpha value is -4.35. The Balaban J connectivity index is 1.09. The number of imidazole rings is 1. The van der Waals surface area contributed by atoms with Crippen LogP contribution in [0.3, 0.4) is 0 Å². The van der Waals surface area contributed by atoms with E-state index in [1.165, 1.54) is 33.5 Å². The zero-order valence-electron chi connectivity index (χ0n) is 30.1. The van der Waals surface area contributed by atoms with Gasteiger partial charge in [0, 0.05) is 43.7 Å². The number of aromatic nitrogens is 2. The summed E-state index contributed by atoms with van der Waals surface area (Å²) in [5.74, 6) is 1.48. The zero-order valence-corrected chi connectivity index (χ0v) is 31.6. The van der Waals surface area contributed by atoms with Gasteiger partial charge >= 0.3 is 0 Å². The predicted octanol–water partition coefficient (Wildman–Crippen LogP) is 7.71. The fourth-order valence-electron chi connectivity index (χ4n) is 7.95. The van der Waals surface area contributed by atoms with Crippen LogP contribution in [0.25, 0.3) is 11.0 Å². The molecular weight excluding hydrogens is 718 g/mol. The molecule has 0 radical (unpaired) electrons. The van der Waals surface area contributed by atoms with Crippen LogP contribution in [0.15, 0.2) is 78.9 Å². The standard InChI is InChI=1S/C41H43Cl2FN4O5/c1-51-35-22-28(23-36(52-2)37(35)53-3)38(49)47-21-15-40(26-47,29-10-13-31(42)32(43)24-29)14-18-46-19-16-41(50,17-20-46)39-45-33-6-4-5-7-34(33)48(39)25-27-8-11-30(44)12-9-27/h4-13,22-24,50H,14-21,25-26H2,1-3H3. The second-order valence-corrected chi connectivity index (χ2v) is 14.9. The van der Waals surface area contributed by atoms with Gasteiger partial charge in [-0.25, -0.2) is 9.37 Å². The van der Waals surface area contributed by atoms with Crippen molar-refractivity contribution in [1.82, 2.24) is 19.4 Å². The van der Waals surface area contributed by atoms with Gasteiger partial charge in [-0.05, 0) is 91.9 Å². The summed E-state index contributed by atoms with van der Waals surface area (Å²) in [6.45, 7) is 3.61. The number of amides is 1. The highest BCUT2D eigenvalue weighted by Gasteiger charge is 2.44. The molecule has 0 spiro atoms. The summed E-state index contributed by atoms with van der Waals surface area (Å²) in [5, 5.41) is 13.1. The molecule has 9 nitrogen and oxygen atoms in total. The summed E-state index contributed by atoms with van der Waals surface area (Å²) in [5.41, 5.74) is 2.66. The zero-order chi connectivity index (χ0) is 37.3. The van der Waals surface area contributed by atoms with E-state index in [4.69, 9.17) is 42.4 Å². The molecule has 1 unspecified atom stereocenters. The van der Waals surface area contributed by atoms with Gasteiger partial charge in [-0.1, -0.05) is 53.5 Å². The van der Waals surface area contributed by atoms with Crippen molar-refractivity contribution in [3.63, 3.8) is 0 Å². The number of rotatable bonds is 11. The van der Waals surface area contributed by atoms with Crippen LogP contribution in [-0.4, -0.2) is 84.4 Å². The highest BCUT2D eigenvalue weighted by Crippen LogP contribution is 2.43. The highest BCUT2D eigenvalue weighted by atomic mass is 35.5. The number of piperidine rings is 1. The number of carbonyl (C=O) groups is 1. The molecule has 0 bridgehead atoms. The molecule has 1 N–H and O–H groups in total. The van der Waals surface area contributed by atoms with Crippen molar-refractivity contribution in [2.75, 3.05) is 54.1 Å². The van der Waals surface area contributed by atoms with Crippen molar-refractivity contribution in [2.24, 2.45) is 0 Å². The lowest BCUT2D eigenvalue weighted by atomic mass is 9.76. The normalized spacial score (nSPS) is 18.7. The summed E-state index contributed by atoms with van der Waals surface area (Å²) in [6, 6.07) is 23.5. The van der Waals surface area contributed by atoms with Gasteiger partial charge in [0.25, 0.3) is 5.91 Å². The molecule has 2 fully saturated rings. The van der Waals surface area contributed by atoms with Crippen molar-refractivity contribution in [1.29, 1.82) is 0 Å². The van der Waals surface area contributed by atoms with Crippen LogP contribution in [0.5, 0.6) is 17.2 Å². The number of halogens is 3. The van der Waals surface area contributed by atoms with Gasteiger partial charge in [0.1, 0.15) is 17.2 Å². The van der Waals surface area contributed by atoms with Gasteiger partial charge in [0.05, 0.1) is 42.4 Å². The maximum Gasteiger partial charge on any atom is 0.254 e. The van der Waals surface area contributed by atoms with Crippen molar-refractivity contribution < 1.29 is 28.5 Å². The molecule has 53 heavy (non-hydrogen) atoms. The Morgan fingerprint density at radius 3 is 2.23 bits per heavy atom. The molecule has 2 aliphatic heterocycles. The molecule has 0 saturated carbocycles. The molecule has 3 heterocycles. The van der Waals surface area contributed by atoms with E-state index < -0.39 is 5.60 Å². The summed E-state index contributed by atoms with van der Waals surface area (Å²) < 4.78 is 32.3.